The topological polar surface area (TPSA) is 55.5 Å². The molecule has 2 aromatic rings. The Hall–Kier alpha value is -1.78. The van der Waals surface area contributed by atoms with E-state index in [0.29, 0.717) is 17.0 Å². The molecule has 0 saturated carbocycles. The summed E-state index contributed by atoms with van der Waals surface area (Å²) in [5.41, 5.74) is 7.01. The van der Waals surface area contributed by atoms with Gasteiger partial charge in [0.05, 0.1) is 18.9 Å². The summed E-state index contributed by atoms with van der Waals surface area (Å²) in [6.45, 7) is 0. The summed E-state index contributed by atoms with van der Waals surface area (Å²) in [5.74, 6) is 0.0270. The van der Waals surface area contributed by atoms with Crippen molar-refractivity contribution in [2.45, 2.75) is 12.5 Å². The van der Waals surface area contributed by atoms with Crippen molar-refractivity contribution in [3.63, 3.8) is 0 Å². The van der Waals surface area contributed by atoms with Gasteiger partial charge in [-0.1, -0.05) is 29.8 Å². The number of aliphatic hydroxyl groups excluding tert-OH is 1. The van der Waals surface area contributed by atoms with Gasteiger partial charge in [-0.05, 0) is 18.2 Å². The zero-order valence-corrected chi connectivity index (χ0v) is 11.7. The van der Waals surface area contributed by atoms with Gasteiger partial charge in [-0.25, -0.2) is 4.39 Å². The van der Waals surface area contributed by atoms with E-state index in [1.54, 1.807) is 24.3 Å². The number of rotatable bonds is 4. The van der Waals surface area contributed by atoms with Crippen molar-refractivity contribution in [3.8, 4) is 5.75 Å². The highest BCUT2D eigenvalue weighted by molar-refractivity contribution is 6.31. The van der Waals surface area contributed by atoms with E-state index in [1.165, 1.54) is 19.2 Å². The number of anilines is 1. The molecule has 0 aliphatic rings. The minimum atomic E-state index is -0.959. The van der Waals surface area contributed by atoms with Crippen molar-refractivity contribution in [2.75, 3.05) is 12.8 Å². The van der Waals surface area contributed by atoms with E-state index in [4.69, 9.17) is 22.1 Å². The van der Waals surface area contributed by atoms with Gasteiger partial charge in [0.15, 0.2) is 0 Å². The molecule has 0 amide bonds. The fourth-order valence-corrected chi connectivity index (χ4v) is 2.30. The highest BCUT2D eigenvalue weighted by Gasteiger charge is 2.18. The van der Waals surface area contributed by atoms with Gasteiger partial charge in [0.1, 0.15) is 11.6 Å². The summed E-state index contributed by atoms with van der Waals surface area (Å²) in [7, 11) is 1.50. The highest BCUT2D eigenvalue weighted by Crippen LogP contribution is 2.32. The maximum atomic E-state index is 13.7. The van der Waals surface area contributed by atoms with Crippen molar-refractivity contribution >= 4 is 17.3 Å². The molecule has 0 bridgehead atoms. The van der Waals surface area contributed by atoms with E-state index >= 15 is 0 Å². The number of ether oxygens (including phenoxy) is 1. The van der Waals surface area contributed by atoms with Crippen LogP contribution in [0.1, 0.15) is 17.2 Å². The molecule has 0 fully saturated rings. The molecule has 20 heavy (non-hydrogen) atoms. The molecule has 1 unspecified atom stereocenters. The molecule has 3 N–H and O–H groups in total. The Bertz CT molecular complexity index is 599. The van der Waals surface area contributed by atoms with E-state index in [9.17, 15) is 9.50 Å². The van der Waals surface area contributed by atoms with E-state index in [-0.39, 0.29) is 17.0 Å². The quantitative estimate of drug-likeness (QED) is 0.851. The van der Waals surface area contributed by atoms with Crippen LogP contribution in [0.4, 0.5) is 10.1 Å². The minimum Gasteiger partial charge on any atom is -0.495 e. The standard InChI is InChI=1S/C15H15ClFNO2/c1-20-14-7-2-4-9(15(14)18)13(19)8-10-11(16)5-3-6-12(10)17/h2-7,13,19H,8,18H2,1H3. The molecule has 0 aromatic heterocycles. The first-order valence-electron chi connectivity index (χ1n) is 6.08. The summed E-state index contributed by atoms with van der Waals surface area (Å²) >= 11 is 5.95. The van der Waals surface area contributed by atoms with E-state index in [0.717, 1.165) is 0 Å². The predicted molar refractivity (Wildman–Crippen MR) is 77.5 cm³/mol. The number of hydrogen-bond acceptors (Lipinski definition) is 3. The molecule has 0 radical (unpaired) electrons. The van der Waals surface area contributed by atoms with Gasteiger partial charge in [0.2, 0.25) is 0 Å². The van der Waals surface area contributed by atoms with Crippen LogP contribution in [0.15, 0.2) is 36.4 Å². The Balaban J connectivity index is 2.31. The highest BCUT2D eigenvalue weighted by atomic mass is 35.5. The number of benzene rings is 2. The molecule has 5 heteroatoms. The van der Waals surface area contributed by atoms with Crippen LogP contribution in [0.25, 0.3) is 0 Å². The van der Waals surface area contributed by atoms with Gasteiger partial charge < -0.3 is 15.6 Å². The number of methoxy groups -OCH3 is 1. The number of hydrogen-bond donors (Lipinski definition) is 2. The lowest BCUT2D eigenvalue weighted by Crippen LogP contribution is -2.08. The number of aliphatic hydroxyl groups is 1. The Morgan fingerprint density at radius 3 is 2.65 bits per heavy atom. The van der Waals surface area contributed by atoms with Gasteiger partial charge in [0, 0.05) is 22.6 Å². The van der Waals surface area contributed by atoms with Crippen molar-refractivity contribution in [2.24, 2.45) is 0 Å². The lowest BCUT2D eigenvalue weighted by Gasteiger charge is -2.16. The summed E-state index contributed by atoms with van der Waals surface area (Å²) in [6, 6.07) is 9.51. The predicted octanol–water partition coefficient (Wildman–Crippen LogP) is 3.35. The van der Waals surface area contributed by atoms with Gasteiger partial charge in [-0.15, -0.1) is 0 Å². The SMILES string of the molecule is COc1cccc(C(O)Cc2c(F)cccc2Cl)c1N. The monoisotopic (exact) mass is 295 g/mol. The Morgan fingerprint density at radius 2 is 2.00 bits per heavy atom. The molecular formula is C15H15ClFNO2. The number of nitrogen functional groups attached to an aromatic ring is 1. The first-order chi connectivity index (χ1) is 9.54. The molecule has 3 nitrogen and oxygen atoms in total. The fourth-order valence-electron chi connectivity index (χ4n) is 2.06. The van der Waals surface area contributed by atoms with Crippen molar-refractivity contribution in [1.29, 1.82) is 0 Å². The van der Waals surface area contributed by atoms with Crippen LogP contribution in [0.2, 0.25) is 5.02 Å². The summed E-state index contributed by atoms with van der Waals surface area (Å²) in [5, 5.41) is 10.5. The van der Waals surface area contributed by atoms with Crippen LogP contribution >= 0.6 is 11.6 Å². The third kappa shape index (κ3) is 2.86. The molecule has 0 aliphatic heterocycles. The lowest BCUT2D eigenvalue weighted by molar-refractivity contribution is 0.177. The van der Waals surface area contributed by atoms with Gasteiger partial charge >= 0.3 is 0 Å². The van der Waals surface area contributed by atoms with E-state index < -0.39 is 11.9 Å². The Morgan fingerprint density at radius 1 is 1.30 bits per heavy atom. The third-order valence-corrected chi connectivity index (χ3v) is 3.49. The van der Waals surface area contributed by atoms with E-state index in [2.05, 4.69) is 0 Å². The van der Waals surface area contributed by atoms with Crippen LogP contribution < -0.4 is 10.5 Å². The fraction of sp³-hybridized carbons (Fsp3) is 0.200. The maximum absolute atomic E-state index is 13.7. The summed E-state index contributed by atoms with van der Waals surface area (Å²) < 4.78 is 18.8. The minimum absolute atomic E-state index is 0.0445. The third-order valence-electron chi connectivity index (χ3n) is 3.14. The zero-order valence-electron chi connectivity index (χ0n) is 10.9. The average molecular weight is 296 g/mol. The first kappa shape index (κ1) is 14.6. The van der Waals surface area contributed by atoms with Crippen LogP contribution in [0.5, 0.6) is 5.75 Å². The Kier molecular flexibility index (Phi) is 4.47. The second-order valence-electron chi connectivity index (χ2n) is 4.38. The molecule has 106 valence electrons. The molecule has 0 heterocycles. The normalized spacial score (nSPS) is 12.2. The van der Waals surface area contributed by atoms with Gasteiger partial charge in [0.25, 0.3) is 0 Å². The van der Waals surface area contributed by atoms with Crippen LogP contribution in [-0.4, -0.2) is 12.2 Å². The molecule has 2 aromatic carbocycles. The van der Waals surface area contributed by atoms with Crippen LogP contribution in [0.3, 0.4) is 0 Å². The average Bonchev–Trinajstić information content (AvgIpc) is 2.43. The van der Waals surface area contributed by atoms with Gasteiger partial charge in [-0.2, -0.15) is 0 Å². The summed E-state index contributed by atoms with van der Waals surface area (Å²) in [4.78, 5) is 0. The largest absolute Gasteiger partial charge is 0.495 e. The van der Waals surface area contributed by atoms with Crippen molar-refractivity contribution in [1.82, 2.24) is 0 Å². The second kappa shape index (κ2) is 6.11. The second-order valence-corrected chi connectivity index (χ2v) is 4.79. The number of nitrogens with two attached hydrogens (primary N) is 1. The first-order valence-corrected chi connectivity index (χ1v) is 6.45. The van der Waals surface area contributed by atoms with Crippen molar-refractivity contribution < 1.29 is 14.2 Å². The lowest BCUT2D eigenvalue weighted by atomic mass is 9.99. The molecule has 2 rings (SSSR count). The molecule has 0 aliphatic carbocycles. The molecule has 0 spiro atoms. The molecular weight excluding hydrogens is 281 g/mol. The van der Waals surface area contributed by atoms with Crippen LogP contribution in [-0.2, 0) is 6.42 Å². The molecule has 0 saturated heterocycles. The van der Waals surface area contributed by atoms with E-state index in [1.807, 2.05) is 0 Å². The molecule has 1 atom stereocenters. The van der Waals surface area contributed by atoms with Crippen LogP contribution in [0, 0.1) is 5.82 Å². The maximum Gasteiger partial charge on any atom is 0.142 e. The Labute approximate surface area is 121 Å². The smallest absolute Gasteiger partial charge is 0.142 e. The van der Waals surface area contributed by atoms with Crippen molar-refractivity contribution in [3.05, 3.63) is 58.4 Å². The van der Waals surface area contributed by atoms with Gasteiger partial charge in [-0.3, -0.25) is 0 Å². The number of halogens is 2. The zero-order chi connectivity index (χ0) is 14.7. The summed E-state index contributed by atoms with van der Waals surface area (Å²) in [6.07, 6.45) is -0.914. The number of para-hydroxylation sites is 1.